The third-order valence-electron chi connectivity index (χ3n) is 6.36. The lowest BCUT2D eigenvalue weighted by Crippen LogP contribution is -2.50. The van der Waals surface area contributed by atoms with E-state index in [4.69, 9.17) is 0 Å². The number of nitrogens with one attached hydrogen (secondary N) is 1. The summed E-state index contributed by atoms with van der Waals surface area (Å²) in [5.74, 6) is -0.171. The number of thiophene rings is 1. The summed E-state index contributed by atoms with van der Waals surface area (Å²) in [4.78, 5) is 17.7. The van der Waals surface area contributed by atoms with Crippen molar-refractivity contribution in [3.05, 3.63) is 119 Å². The van der Waals surface area contributed by atoms with Gasteiger partial charge in [0.05, 0.1) is 17.3 Å². The van der Waals surface area contributed by atoms with Gasteiger partial charge in [0.2, 0.25) is 0 Å². The molecule has 1 saturated heterocycles. The average Bonchev–Trinajstić information content (AvgIpc) is 3.47. The van der Waals surface area contributed by atoms with Crippen molar-refractivity contribution in [1.29, 1.82) is 0 Å². The fraction of sp³-hybridized carbons (Fsp3) is 0.179. The molecule has 1 N–H and O–H groups in total. The second-order valence-corrected chi connectivity index (χ2v) is 11.5. The van der Waals surface area contributed by atoms with E-state index >= 15 is 0 Å². The lowest BCUT2D eigenvalue weighted by Gasteiger charge is -2.40. The highest BCUT2D eigenvalue weighted by molar-refractivity contribution is 7.94. The molecular weight excluding hydrogens is 490 g/mol. The van der Waals surface area contributed by atoms with Gasteiger partial charge in [-0.05, 0) is 34.7 Å². The molecule has 0 aliphatic carbocycles. The van der Waals surface area contributed by atoms with Crippen molar-refractivity contribution < 1.29 is 13.2 Å². The first kappa shape index (κ1) is 24.2. The minimum absolute atomic E-state index is 0.106. The van der Waals surface area contributed by atoms with Crippen molar-refractivity contribution in [3.63, 3.8) is 0 Å². The summed E-state index contributed by atoms with van der Waals surface area (Å²) in [6, 6.07) is 31.0. The summed E-state index contributed by atoms with van der Waals surface area (Å²) in [6.45, 7) is 2.54. The quantitative estimate of drug-likeness (QED) is 0.371. The van der Waals surface area contributed by atoms with Gasteiger partial charge in [-0.25, -0.2) is 8.42 Å². The molecule has 1 fully saturated rings. The highest BCUT2D eigenvalue weighted by Gasteiger charge is 2.29. The van der Waals surface area contributed by atoms with Crippen molar-refractivity contribution in [2.24, 2.45) is 0 Å². The number of hydrogen-bond acceptors (Lipinski definition) is 5. The topological polar surface area (TPSA) is 69.7 Å². The van der Waals surface area contributed by atoms with E-state index in [2.05, 4.69) is 58.2 Å². The van der Waals surface area contributed by atoms with Gasteiger partial charge in [0.1, 0.15) is 4.21 Å². The van der Waals surface area contributed by atoms with Crippen LogP contribution in [0.15, 0.2) is 107 Å². The van der Waals surface area contributed by atoms with Gasteiger partial charge in [-0.1, -0.05) is 78.9 Å². The second kappa shape index (κ2) is 10.7. The van der Waals surface area contributed by atoms with E-state index in [-0.39, 0.29) is 16.2 Å². The fourth-order valence-corrected chi connectivity index (χ4v) is 6.68. The van der Waals surface area contributed by atoms with E-state index in [0.717, 1.165) is 11.3 Å². The molecule has 0 radical (unpaired) electrons. The van der Waals surface area contributed by atoms with Gasteiger partial charge < -0.3 is 4.90 Å². The molecular formula is C28H27N3O3S2. The van der Waals surface area contributed by atoms with E-state index in [1.165, 1.54) is 11.1 Å². The number of para-hydroxylation sites is 1. The Morgan fingerprint density at radius 3 is 1.92 bits per heavy atom. The number of benzene rings is 3. The van der Waals surface area contributed by atoms with Gasteiger partial charge in [-0.15, -0.1) is 11.3 Å². The summed E-state index contributed by atoms with van der Waals surface area (Å²) in [6.07, 6.45) is 0. The normalized spacial score (nSPS) is 14.6. The molecule has 1 aliphatic heterocycles. The largest absolute Gasteiger partial charge is 0.336 e. The first-order valence-electron chi connectivity index (χ1n) is 11.8. The third kappa shape index (κ3) is 5.21. The Bertz CT molecular complexity index is 1360. The molecule has 1 amide bonds. The average molecular weight is 518 g/mol. The highest BCUT2D eigenvalue weighted by Crippen LogP contribution is 2.30. The molecule has 4 aromatic rings. The van der Waals surface area contributed by atoms with Crippen LogP contribution in [0.4, 0.5) is 5.69 Å². The minimum Gasteiger partial charge on any atom is -0.336 e. The van der Waals surface area contributed by atoms with Crippen LogP contribution in [-0.2, 0) is 10.0 Å². The Kier molecular flexibility index (Phi) is 7.18. The van der Waals surface area contributed by atoms with Crippen LogP contribution in [0.3, 0.4) is 0 Å². The monoisotopic (exact) mass is 517 g/mol. The van der Waals surface area contributed by atoms with Gasteiger partial charge in [-0.2, -0.15) is 0 Å². The third-order valence-corrected chi connectivity index (χ3v) is 9.12. The summed E-state index contributed by atoms with van der Waals surface area (Å²) < 4.78 is 28.4. The van der Waals surface area contributed by atoms with Crippen molar-refractivity contribution in [3.8, 4) is 0 Å². The zero-order chi connectivity index (χ0) is 25.0. The minimum atomic E-state index is -3.75. The van der Waals surface area contributed by atoms with Crippen LogP contribution in [-0.4, -0.2) is 50.3 Å². The smallest absolute Gasteiger partial charge is 0.271 e. The summed E-state index contributed by atoms with van der Waals surface area (Å²) in [5, 5.41) is 1.71. The van der Waals surface area contributed by atoms with E-state index in [9.17, 15) is 13.2 Å². The number of carbonyl (C=O) groups excluding carboxylic acids is 1. The molecule has 1 aliphatic rings. The van der Waals surface area contributed by atoms with Crippen molar-refractivity contribution >= 4 is 33.0 Å². The van der Waals surface area contributed by atoms with Crippen LogP contribution < -0.4 is 4.72 Å². The number of anilines is 1. The molecule has 0 spiro atoms. The Balaban J connectivity index is 1.33. The molecule has 6 nitrogen and oxygen atoms in total. The lowest BCUT2D eigenvalue weighted by atomic mass is 9.96. The first-order valence-corrected chi connectivity index (χ1v) is 14.2. The van der Waals surface area contributed by atoms with E-state index in [0.29, 0.717) is 37.4 Å². The molecule has 0 saturated carbocycles. The number of nitrogens with zero attached hydrogens (tertiary/aromatic N) is 2. The van der Waals surface area contributed by atoms with Crippen LogP contribution >= 0.6 is 11.3 Å². The van der Waals surface area contributed by atoms with Crippen molar-refractivity contribution in [2.45, 2.75) is 10.3 Å². The van der Waals surface area contributed by atoms with Crippen LogP contribution in [0.1, 0.15) is 27.5 Å². The first-order chi connectivity index (χ1) is 17.5. The molecule has 2 heterocycles. The van der Waals surface area contributed by atoms with Gasteiger partial charge in [0, 0.05) is 26.2 Å². The summed E-state index contributed by atoms with van der Waals surface area (Å²) in [5.41, 5.74) is 3.09. The van der Waals surface area contributed by atoms with Crippen LogP contribution in [0.25, 0.3) is 0 Å². The number of rotatable bonds is 7. The predicted molar refractivity (Wildman–Crippen MR) is 144 cm³/mol. The molecule has 36 heavy (non-hydrogen) atoms. The molecule has 8 heteroatoms. The maximum Gasteiger partial charge on any atom is 0.271 e. The van der Waals surface area contributed by atoms with Gasteiger partial charge in [-0.3, -0.25) is 14.4 Å². The molecule has 0 atom stereocenters. The maximum absolute atomic E-state index is 13.5. The van der Waals surface area contributed by atoms with E-state index in [1.54, 1.807) is 41.8 Å². The molecule has 3 aromatic carbocycles. The Morgan fingerprint density at radius 2 is 1.33 bits per heavy atom. The number of hydrogen-bond donors (Lipinski definition) is 1. The zero-order valence-electron chi connectivity index (χ0n) is 19.7. The summed E-state index contributed by atoms with van der Waals surface area (Å²) >= 11 is 1.14. The van der Waals surface area contributed by atoms with Crippen molar-refractivity contribution in [1.82, 2.24) is 9.80 Å². The van der Waals surface area contributed by atoms with Gasteiger partial charge >= 0.3 is 0 Å². The number of carbonyl (C=O) groups is 1. The lowest BCUT2D eigenvalue weighted by molar-refractivity contribution is 0.0598. The highest BCUT2D eigenvalue weighted by atomic mass is 32.2. The van der Waals surface area contributed by atoms with Gasteiger partial charge in [0.25, 0.3) is 15.9 Å². The molecule has 0 unspecified atom stereocenters. The number of sulfonamides is 1. The predicted octanol–water partition coefficient (Wildman–Crippen LogP) is 5.10. The zero-order valence-corrected chi connectivity index (χ0v) is 21.3. The van der Waals surface area contributed by atoms with Crippen LogP contribution in [0, 0.1) is 0 Å². The van der Waals surface area contributed by atoms with Gasteiger partial charge in [0.15, 0.2) is 0 Å². The Labute approximate surface area is 215 Å². The fourth-order valence-electron chi connectivity index (χ4n) is 4.61. The standard InChI is InChI=1S/C28H27N3O3S2/c32-28(24-14-7-8-15-25(24)29-36(33,34)26-16-9-21-35-26)31-19-17-30(18-20-31)27(22-10-3-1-4-11-22)23-12-5-2-6-13-23/h1-16,21,27,29H,17-20H2. The SMILES string of the molecule is O=C(c1ccccc1NS(=O)(=O)c1cccs1)N1CCN(C(c2ccccc2)c2ccccc2)CC1. The van der Waals surface area contributed by atoms with Crippen LogP contribution in [0.2, 0.25) is 0 Å². The molecule has 5 rings (SSSR count). The Morgan fingerprint density at radius 1 is 0.750 bits per heavy atom. The van der Waals surface area contributed by atoms with E-state index in [1.807, 2.05) is 17.0 Å². The van der Waals surface area contributed by atoms with Crippen molar-refractivity contribution in [2.75, 3.05) is 30.9 Å². The van der Waals surface area contributed by atoms with E-state index < -0.39 is 10.0 Å². The molecule has 0 bridgehead atoms. The van der Waals surface area contributed by atoms with Crippen LogP contribution in [0.5, 0.6) is 0 Å². The number of piperazine rings is 1. The molecule has 1 aromatic heterocycles. The Hall–Kier alpha value is -3.46. The summed E-state index contributed by atoms with van der Waals surface area (Å²) in [7, 11) is -3.75. The molecule has 184 valence electrons. The maximum atomic E-state index is 13.5. The second-order valence-electron chi connectivity index (χ2n) is 8.64. The number of amides is 1.